The summed E-state index contributed by atoms with van der Waals surface area (Å²) < 4.78 is 4.37. The second-order valence-corrected chi connectivity index (χ2v) is 5.33. The van der Waals surface area contributed by atoms with Gasteiger partial charge in [0.25, 0.3) is 5.56 Å². The Balaban J connectivity index is 2.82. The highest BCUT2D eigenvalue weighted by molar-refractivity contribution is 6.17. The second kappa shape index (κ2) is 5.21. The molecule has 0 N–H and O–H groups in total. The molecule has 104 valence electrons. The lowest BCUT2D eigenvalue weighted by Crippen LogP contribution is -2.39. The number of aromatic nitrogens is 4. The summed E-state index contributed by atoms with van der Waals surface area (Å²) >= 11 is 5.71. The van der Waals surface area contributed by atoms with Gasteiger partial charge < -0.3 is 4.57 Å². The summed E-state index contributed by atoms with van der Waals surface area (Å²) in [5.41, 5.74) is 0.209. The molecule has 0 aliphatic rings. The lowest BCUT2D eigenvalue weighted by atomic mass is 10.2. The Morgan fingerprint density at radius 1 is 1.37 bits per heavy atom. The summed E-state index contributed by atoms with van der Waals surface area (Å²) in [6, 6.07) is 0. The van der Waals surface area contributed by atoms with Crippen LogP contribution in [0.15, 0.2) is 15.9 Å². The zero-order valence-electron chi connectivity index (χ0n) is 11.3. The molecule has 19 heavy (non-hydrogen) atoms. The molecule has 7 heteroatoms. The van der Waals surface area contributed by atoms with Gasteiger partial charge in [-0.15, -0.1) is 11.6 Å². The zero-order valence-corrected chi connectivity index (χ0v) is 12.0. The van der Waals surface area contributed by atoms with Crippen molar-refractivity contribution in [1.29, 1.82) is 0 Å². The fourth-order valence-corrected chi connectivity index (χ4v) is 2.28. The minimum Gasteiger partial charge on any atom is -0.324 e. The molecule has 0 bridgehead atoms. The number of fused-ring (bicyclic) bond motifs is 1. The Bertz CT molecular complexity index is 711. The van der Waals surface area contributed by atoms with E-state index in [1.165, 1.54) is 7.05 Å². The molecule has 0 aliphatic heterocycles. The van der Waals surface area contributed by atoms with Gasteiger partial charge in [0, 0.05) is 26.0 Å². The van der Waals surface area contributed by atoms with Crippen LogP contribution in [0, 0.1) is 5.92 Å². The minimum absolute atomic E-state index is 0.288. The second-order valence-electron chi connectivity index (χ2n) is 4.95. The summed E-state index contributed by atoms with van der Waals surface area (Å²) in [7, 11) is 1.49. The van der Waals surface area contributed by atoms with Crippen LogP contribution in [0.25, 0.3) is 11.2 Å². The minimum atomic E-state index is -0.331. The van der Waals surface area contributed by atoms with Crippen LogP contribution >= 0.6 is 11.6 Å². The van der Waals surface area contributed by atoms with Crippen molar-refractivity contribution in [2.45, 2.75) is 26.9 Å². The molecule has 0 saturated carbocycles. The number of halogens is 1. The van der Waals surface area contributed by atoms with Crippen molar-refractivity contribution in [2.24, 2.45) is 13.0 Å². The maximum absolute atomic E-state index is 12.2. The molecule has 2 aromatic heterocycles. The first kappa shape index (κ1) is 13.9. The van der Waals surface area contributed by atoms with Crippen LogP contribution in [0.2, 0.25) is 0 Å². The fraction of sp³-hybridized carbons (Fsp3) is 0.583. The predicted octanol–water partition coefficient (Wildman–Crippen LogP) is 0.791. The van der Waals surface area contributed by atoms with E-state index in [0.717, 1.165) is 4.57 Å². The third-order valence-corrected chi connectivity index (χ3v) is 3.14. The Labute approximate surface area is 115 Å². The highest BCUT2D eigenvalue weighted by Crippen LogP contribution is 2.08. The normalized spacial score (nSPS) is 11.6. The van der Waals surface area contributed by atoms with Crippen LogP contribution < -0.4 is 11.2 Å². The van der Waals surface area contributed by atoms with E-state index in [4.69, 9.17) is 11.6 Å². The molecule has 0 unspecified atom stereocenters. The standard InChI is InChI=1S/C12H17ClN4O2/c1-8(2)6-17-10-9(11(18)15(3)12(17)19)16(5-4-13)7-14-10/h7-8H,4-6H2,1-3H3. The van der Waals surface area contributed by atoms with Crippen molar-refractivity contribution in [1.82, 2.24) is 18.7 Å². The van der Waals surface area contributed by atoms with Crippen molar-refractivity contribution >= 4 is 22.8 Å². The molecule has 6 nitrogen and oxygen atoms in total. The van der Waals surface area contributed by atoms with E-state index >= 15 is 0 Å². The van der Waals surface area contributed by atoms with Crippen molar-refractivity contribution < 1.29 is 0 Å². The molecule has 0 spiro atoms. The molecule has 0 fully saturated rings. The molecule has 0 amide bonds. The van der Waals surface area contributed by atoms with E-state index < -0.39 is 0 Å². The summed E-state index contributed by atoms with van der Waals surface area (Å²) in [5, 5.41) is 0. The van der Waals surface area contributed by atoms with Gasteiger partial charge in [-0.25, -0.2) is 9.78 Å². The third-order valence-electron chi connectivity index (χ3n) is 2.97. The molecule has 0 radical (unpaired) electrons. The first-order valence-electron chi connectivity index (χ1n) is 6.18. The first-order chi connectivity index (χ1) is 8.97. The summed E-state index contributed by atoms with van der Waals surface area (Å²) in [5.74, 6) is 0.675. The van der Waals surface area contributed by atoms with Crippen molar-refractivity contribution in [3.63, 3.8) is 0 Å². The summed E-state index contributed by atoms with van der Waals surface area (Å²) in [6.45, 7) is 5.05. The molecule has 2 rings (SSSR count). The predicted molar refractivity (Wildman–Crippen MR) is 74.8 cm³/mol. The van der Waals surface area contributed by atoms with Gasteiger partial charge >= 0.3 is 5.69 Å². The van der Waals surface area contributed by atoms with Gasteiger partial charge in [0.1, 0.15) is 0 Å². The first-order valence-corrected chi connectivity index (χ1v) is 6.71. The maximum atomic E-state index is 12.2. The Kier molecular flexibility index (Phi) is 3.80. The fourth-order valence-electron chi connectivity index (χ4n) is 2.10. The molecule has 0 aliphatic carbocycles. The average molecular weight is 285 g/mol. The van der Waals surface area contributed by atoms with E-state index in [0.29, 0.717) is 30.1 Å². The summed E-state index contributed by atoms with van der Waals surface area (Å²) in [6.07, 6.45) is 1.56. The van der Waals surface area contributed by atoms with Gasteiger partial charge in [0.15, 0.2) is 11.2 Å². The summed E-state index contributed by atoms with van der Waals surface area (Å²) in [4.78, 5) is 28.6. The van der Waals surface area contributed by atoms with E-state index in [2.05, 4.69) is 4.98 Å². The van der Waals surface area contributed by atoms with Gasteiger partial charge in [0.05, 0.1) is 6.33 Å². The molecule has 2 heterocycles. The Morgan fingerprint density at radius 2 is 2.05 bits per heavy atom. The van der Waals surface area contributed by atoms with Crippen molar-refractivity contribution in [3.8, 4) is 0 Å². The van der Waals surface area contributed by atoms with Crippen LogP contribution in [-0.4, -0.2) is 24.6 Å². The number of hydrogen-bond acceptors (Lipinski definition) is 3. The van der Waals surface area contributed by atoms with Gasteiger partial charge in [-0.05, 0) is 5.92 Å². The van der Waals surface area contributed by atoms with E-state index in [1.54, 1.807) is 15.5 Å². The highest BCUT2D eigenvalue weighted by atomic mass is 35.5. The largest absolute Gasteiger partial charge is 0.332 e. The smallest absolute Gasteiger partial charge is 0.324 e. The molecule has 2 aromatic rings. The monoisotopic (exact) mass is 284 g/mol. The topological polar surface area (TPSA) is 61.8 Å². The van der Waals surface area contributed by atoms with E-state index in [-0.39, 0.29) is 17.2 Å². The molecular formula is C12H17ClN4O2. The van der Waals surface area contributed by atoms with Crippen LogP contribution in [-0.2, 0) is 20.1 Å². The number of rotatable bonds is 4. The van der Waals surface area contributed by atoms with Gasteiger partial charge in [0.2, 0.25) is 0 Å². The lowest BCUT2D eigenvalue weighted by Gasteiger charge is -2.11. The molecular weight excluding hydrogens is 268 g/mol. The van der Waals surface area contributed by atoms with Crippen molar-refractivity contribution in [2.75, 3.05) is 5.88 Å². The van der Waals surface area contributed by atoms with Gasteiger partial charge in [-0.2, -0.15) is 0 Å². The van der Waals surface area contributed by atoms with Gasteiger partial charge in [-0.1, -0.05) is 13.8 Å². The molecule has 0 saturated heterocycles. The van der Waals surface area contributed by atoms with E-state index in [1.807, 2.05) is 13.8 Å². The van der Waals surface area contributed by atoms with Crippen LogP contribution in [0.5, 0.6) is 0 Å². The quantitative estimate of drug-likeness (QED) is 0.780. The maximum Gasteiger partial charge on any atom is 0.332 e. The Morgan fingerprint density at radius 3 is 2.63 bits per heavy atom. The zero-order chi connectivity index (χ0) is 14.2. The van der Waals surface area contributed by atoms with E-state index in [9.17, 15) is 9.59 Å². The SMILES string of the molecule is CC(C)Cn1c(=O)n(C)c(=O)c2c1ncn2CCCl. The molecule has 0 aromatic carbocycles. The number of alkyl halides is 1. The Hall–Kier alpha value is -1.56. The third kappa shape index (κ3) is 2.32. The number of hydrogen-bond donors (Lipinski definition) is 0. The number of nitrogens with zero attached hydrogens (tertiary/aromatic N) is 4. The van der Waals surface area contributed by atoms with Crippen LogP contribution in [0.1, 0.15) is 13.8 Å². The average Bonchev–Trinajstić information content (AvgIpc) is 2.76. The van der Waals surface area contributed by atoms with Crippen LogP contribution in [0.4, 0.5) is 0 Å². The van der Waals surface area contributed by atoms with Crippen LogP contribution in [0.3, 0.4) is 0 Å². The lowest BCUT2D eigenvalue weighted by molar-refractivity contribution is 0.500. The highest BCUT2D eigenvalue weighted by Gasteiger charge is 2.16. The van der Waals surface area contributed by atoms with Crippen molar-refractivity contribution in [3.05, 3.63) is 27.2 Å². The molecule has 0 atom stereocenters. The number of aryl methyl sites for hydroxylation is 1. The van der Waals surface area contributed by atoms with Gasteiger partial charge in [-0.3, -0.25) is 13.9 Å². The number of imidazole rings is 1.